The average molecular weight is 209 g/mol. The number of benzene rings is 1. The summed E-state index contributed by atoms with van der Waals surface area (Å²) in [5.74, 6) is 1.18. The van der Waals surface area contributed by atoms with Gasteiger partial charge in [0.2, 0.25) is 0 Å². The highest BCUT2D eigenvalue weighted by Crippen LogP contribution is 2.15. The first-order chi connectivity index (χ1) is 7.30. The van der Waals surface area contributed by atoms with Crippen LogP contribution >= 0.6 is 0 Å². The molecule has 0 spiro atoms. The molecule has 0 saturated heterocycles. The van der Waals surface area contributed by atoms with E-state index in [4.69, 9.17) is 9.84 Å². The molecule has 0 radical (unpaired) electrons. The summed E-state index contributed by atoms with van der Waals surface area (Å²) in [6.45, 7) is 3.12. The first-order valence-corrected chi connectivity index (χ1v) is 5.29. The second kappa shape index (κ2) is 6.30. The van der Waals surface area contributed by atoms with Crippen molar-refractivity contribution < 1.29 is 9.84 Å². The fourth-order valence-electron chi connectivity index (χ4n) is 1.31. The van der Waals surface area contributed by atoms with E-state index in [1.807, 2.05) is 24.3 Å². The Labute approximate surface area is 91.1 Å². The molecule has 0 saturated carbocycles. The van der Waals surface area contributed by atoms with Gasteiger partial charge in [0.15, 0.2) is 0 Å². The molecule has 0 bridgehead atoms. The molecule has 0 aliphatic heterocycles. The van der Waals surface area contributed by atoms with Gasteiger partial charge in [0.05, 0.1) is 7.11 Å². The number of aliphatic hydroxyl groups excluding tert-OH is 1. The van der Waals surface area contributed by atoms with Crippen molar-refractivity contribution in [3.05, 3.63) is 24.3 Å². The second-order valence-corrected chi connectivity index (χ2v) is 3.57. The number of ether oxygens (including phenoxy) is 1. The largest absolute Gasteiger partial charge is 0.497 e. The van der Waals surface area contributed by atoms with Gasteiger partial charge < -0.3 is 15.2 Å². The molecule has 3 heteroatoms. The quantitative estimate of drug-likeness (QED) is 0.754. The van der Waals surface area contributed by atoms with E-state index in [9.17, 15) is 0 Å². The molecule has 0 fully saturated rings. The zero-order chi connectivity index (χ0) is 11.1. The predicted molar refractivity (Wildman–Crippen MR) is 62.4 cm³/mol. The Kier molecular flexibility index (Phi) is 4.98. The van der Waals surface area contributed by atoms with Crippen molar-refractivity contribution in [2.75, 3.05) is 25.6 Å². The van der Waals surface area contributed by atoms with E-state index in [-0.39, 0.29) is 6.61 Å². The van der Waals surface area contributed by atoms with Crippen LogP contribution in [0.15, 0.2) is 24.3 Å². The van der Waals surface area contributed by atoms with Crippen LogP contribution < -0.4 is 10.1 Å². The summed E-state index contributed by atoms with van der Waals surface area (Å²) in [5, 5.41) is 12.3. The van der Waals surface area contributed by atoms with Gasteiger partial charge in [0.25, 0.3) is 0 Å². The van der Waals surface area contributed by atoms with Crippen molar-refractivity contribution in [1.82, 2.24) is 0 Å². The maximum Gasteiger partial charge on any atom is 0.119 e. The fraction of sp³-hybridized carbons (Fsp3) is 0.500. The number of hydrogen-bond donors (Lipinski definition) is 2. The molecule has 15 heavy (non-hydrogen) atoms. The van der Waals surface area contributed by atoms with E-state index < -0.39 is 0 Å². The van der Waals surface area contributed by atoms with Gasteiger partial charge in [-0.05, 0) is 36.6 Å². The van der Waals surface area contributed by atoms with Gasteiger partial charge in [0.1, 0.15) is 5.75 Å². The van der Waals surface area contributed by atoms with E-state index in [1.54, 1.807) is 7.11 Å². The van der Waals surface area contributed by atoms with Crippen molar-refractivity contribution in [1.29, 1.82) is 0 Å². The Morgan fingerprint density at radius 2 is 2.00 bits per heavy atom. The minimum atomic E-state index is 0.236. The highest BCUT2D eigenvalue weighted by Gasteiger charge is 2.03. The monoisotopic (exact) mass is 209 g/mol. The Morgan fingerprint density at radius 3 is 2.47 bits per heavy atom. The van der Waals surface area contributed by atoms with Gasteiger partial charge >= 0.3 is 0 Å². The van der Waals surface area contributed by atoms with Crippen molar-refractivity contribution in [2.45, 2.75) is 13.3 Å². The zero-order valence-corrected chi connectivity index (χ0v) is 9.36. The third-order valence-corrected chi connectivity index (χ3v) is 2.52. The molecular formula is C12H19NO2. The molecule has 1 atom stereocenters. The summed E-state index contributed by atoms with van der Waals surface area (Å²) in [6, 6.07) is 7.79. The number of hydrogen-bond acceptors (Lipinski definition) is 3. The van der Waals surface area contributed by atoms with Gasteiger partial charge in [-0.3, -0.25) is 0 Å². The lowest BCUT2D eigenvalue weighted by Crippen LogP contribution is -2.16. The second-order valence-electron chi connectivity index (χ2n) is 3.57. The van der Waals surface area contributed by atoms with Crippen molar-refractivity contribution in [3.8, 4) is 5.75 Å². The minimum absolute atomic E-state index is 0.236. The molecule has 3 nitrogen and oxygen atoms in total. The van der Waals surface area contributed by atoms with E-state index >= 15 is 0 Å². The third kappa shape index (κ3) is 3.80. The first kappa shape index (κ1) is 11.9. The summed E-state index contributed by atoms with van der Waals surface area (Å²) < 4.78 is 5.07. The molecule has 0 amide bonds. The molecule has 1 unspecified atom stereocenters. The van der Waals surface area contributed by atoms with Gasteiger partial charge in [-0.15, -0.1) is 0 Å². The number of methoxy groups -OCH3 is 1. The lowest BCUT2D eigenvalue weighted by molar-refractivity contribution is 0.230. The van der Waals surface area contributed by atoms with Crippen molar-refractivity contribution in [2.24, 2.45) is 5.92 Å². The summed E-state index contributed by atoms with van der Waals surface area (Å²) in [5.41, 5.74) is 1.06. The van der Waals surface area contributed by atoms with Crippen LogP contribution in [0, 0.1) is 5.92 Å². The number of nitrogens with one attached hydrogen (secondary N) is 1. The Hall–Kier alpha value is -1.22. The molecule has 2 N–H and O–H groups in total. The zero-order valence-electron chi connectivity index (χ0n) is 9.36. The SMILES string of the molecule is CCC(CO)CNc1ccc(OC)cc1. The van der Waals surface area contributed by atoms with E-state index in [2.05, 4.69) is 12.2 Å². The van der Waals surface area contributed by atoms with Crippen LogP contribution in [0.5, 0.6) is 5.75 Å². The lowest BCUT2D eigenvalue weighted by Gasteiger charge is -2.13. The standard InChI is InChI=1S/C12H19NO2/c1-3-10(9-14)8-13-11-4-6-12(15-2)7-5-11/h4-7,10,13-14H,3,8-9H2,1-2H3. The number of rotatable bonds is 6. The van der Waals surface area contributed by atoms with Crippen LogP contribution in [-0.4, -0.2) is 25.4 Å². The number of aliphatic hydroxyl groups is 1. The molecule has 0 aliphatic carbocycles. The molecule has 1 aromatic carbocycles. The molecular weight excluding hydrogens is 190 g/mol. The lowest BCUT2D eigenvalue weighted by atomic mass is 10.1. The van der Waals surface area contributed by atoms with E-state index in [0.29, 0.717) is 5.92 Å². The van der Waals surface area contributed by atoms with Crippen LogP contribution in [0.1, 0.15) is 13.3 Å². The molecule has 0 aromatic heterocycles. The van der Waals surface area contributed by atoms with E-state index in [0.717, 1.165) is 24.4 Å². The molecule has 1 rings (SSSR count). The third-order valence-electron chi connectivity index (χ3n) is 2.52. The molecule has 0 heterocycles. The normalized spacial score (nSPS) is 12.2. The van der Waals surface area contributed by atoms with E-state index in [1.165, 1.54) is 0 Å². The summed E-state index contributed by atoms with van der Waals surface area (Å²) in [7, 11) is 1.65. The van der Waals surface area contributed by atoms with Crippen molar-refractivity contribution >= 4 is 5.69 Å². The average Bonchev–Trinajstić information content (AvgIpc) is 2.31. The predicted octanol–water partition coefficient (Wildman–Crippen LogP) is 2.13. The highest BCUT2D eigenvalue weighted by atomic mass is 16.5. The first-order valence-electron chi connectivity index (χ1n) is 5.29. The summed E-state index contributed by atoms with van der Waals surface area (Å²) >= 11 is 0. The van der Waals surface area contributed by atoms with Crippen molar-refractivity contribution in [3.63, 3.8) is 0 Å². The summed E-state index contributed by atoms with van der Waals surface area (Å²) in [4.78, 5) is 0. The Balaban J connectivity index is 2.43. The van der Waals surface area contributed by atoms with Crippen LogP contribution in [0.3, 0.4) is 0 Å². The molecule has 1 aromatic rings. The van der Waals surface area contributed by atoms with Crippen LogP contribution in [0.2, 0.25) is 0 Å². The Bertz CT molecular complexity index is 267. The summed E-state index contributed by atoms with van der Waals surface area (Å²) in [6.07, 6.45) is 0.986. The maximum absolute atomic E-state index is 9.03. The van der Waals surface area contributed by atoms with Crippen LogP contribution in [-0.2, 0) is 0 Å². The van der Waals surface area contributed by atoms with Crippen LogP contribution in [0.4, 0.5) is 5.69 Å². The highest BCUT2D eigenvalue weighted by molar-refractivity contribution is 5.46. The van der Waals surface area contributed by atoms with Gasteiger partial charge in [-0.2, -0.15) is 0 Å². The molecule has 0 aliphatic rings. The Morgan fingerprint density at radius 1 is 1.33 bits per heavy atom. The fourth-order valence-corrected chi connectivity index (χ4v) is 1.31. The molecule has 84 valence electrons. The van der Waals surface area contributed by atoms with Gasteiger partial charge in [-0.25, -0.2) is 0 Å². The van der Waals surface area contributed by atoms with Gasteiger partial charge in [-0.1, -0.05) is 6.92 Å². The minimum Gasteiger partial charge on any atom is -0.497 e. The number of anilines is 1. The smallest absolute Gasteiger partial charge is 0.119 e. The van der Waals surface area contributed by atoms with Gasteiger partial charge in [0, 0.05) is 18.8 Å². The van der Waals surface area contributed by atoms with Crippen LogP contribution in [0.25, 0.3) is 0 Å². The topological polar surface area (TPSA) is 41.5 Å². The maximum atomic E-state index is 9.03.